The molecular weight excluding hydrogens is 340 g/mol. The van der Waals surface area contributed by atoms with Gasteiger partial charge in [-0.15, -0.1) is 0 Å². The first-order valence-corrected chi connectivity index (χ1v) is 10.3. The van der Waals surface area contributed by atoms with Crippen LogP contribution in [0.15, 0.2) is 30.6 Å². The van der Waals surface area contributed by atoms with E-state index >= 15 is 0 Å². The fourth-order valence-corrected chi connectivity index (χ4v) is 3.86. The van der Waals surface area contributed by atoms with Gasteiger partial charge in [0.1, 0.15) is 5.65 Å². The molecule has 4 nitrogen and oxygen atoms in total. The third-order valence-electron chi connectivity index (χ3n) is 5.38. The summed E-state index contributed by atoms with van der Waals surface area (Å²) in [4.78, 5) is 9.93. The summed E-state index contributed by atoms with van der Waals surface area (Å²) in [5.74, 6) is 0.725. The van der Waals surface area contributed by atoms with Crippen LogP contribution in [-0.2, 0) is 0 Å². The smallest absolute Gasteiger partial charge is 0.169 e. The number of aromatic amines is 1. The van der Waals surface area contributed by atoms with Crippen LogP contribution >= 0.6 is 12.2 Å². The summed E-state index contributed by atoms with van der Waals surface area (Å²) in [5.41, 5.74) is 3.62. The average molecular weight is 371 g/mol. The molecule has 140 valence electrons. The third kappa shape index (κ3) is 4.44. The molecule has 0 aromatic carbocycles. The summed E-state index contributed by atoms with van der Waals surface area (Å²) in [6.07, 6.45) is 12.3. The van der Waals surface area contributed by atoms with E-state index in [1.54, 1.807) is 0 Å². The Bertz CT molecular complexity index is 764. The number of aromatic nitrogens is 2. The van der Waals surface area contributed by atoms with Gasteiger partial charge in [0.05, 0.1) is 0 Å². The van der Waals surface area contributed by atoms with Crippen molar-refractivity contribution in [2.24, 2.45) is 5.92 Å². The molecule has 1 unspecified atom stereocenters. The van der Waals surface area contributed by atoms with E-state index in [-0.39, 0.29) is 0 Å². The zero-order chi connectivity index (χ0) is 18.4. The van der Waals surface area contributed by atoms with E-state index < -0.39 is 0 Å². The Morgan fingerprint density at radius 2 is 2.31 bits per heavy atom. The highest BCUT2D eigenvalue weighted by Crippen LogP contribution is 2.28. The topological polar surface area (TPSA) is 44.0 Å². The number of H-pyrrole nitrogens is 1. The van der Waals surface area contributed by atoms with Crippen molar-refractivity contribution in [3.8, 4) is 0 Å². The highest BCUT2D eigenvalue weighted by atomic mass is 32.1. The van der Waals surface area contributed by atoms with Gasteiger partial charge in [-0.3, -0.25) is 0 Å². The van der Waals surface area contributed by atoms with Crippen molar-refractivity contribution in [1.29, 1.82) is 0 Å². The Labute approximate surface area is 162 Å². The molecule has 0 aliphatic carbocycles. The van der Waals surface area contributed by atoms with Crippen LogP contribution in [-0.4, -0.2) is 39.6 Å². The van der Waals surface area contributed by atoms with Crippen molar-refractivity contribution in [3.05, 3.63) is 36.2 Å². The van der Waals surface area contributed by atoms with Crippen molar-refractivity contribution in [3.63, 3.8) is 0 Å². The van der Waals surface area contributed by atoms with Gasteiger partial charge in [0.25, 0.3) is 0 Å². The van der Waals surface area contributed by atoms with Crippen LogP contribution in [0.2, 0.25) is 0 Å². The van der Waals surface area contributed by atoms with Crippen LogP contribution in [0.4, 0.5) is 0 Å². The van der Waals surface area contributed by atoms with E-state index in [9.17, 15) is 0 Å². The molecule has 0 saturated heterocycles. The molecule has 1 atom stereocenters. The summed E-state index contributed by atoms with van der Waals surface area (Å²) in [6.45, 7) is 7.37. The minimum absolute atomic E-state index is 0.725. The number of fused-ring (bicyclic) bond motifs is 1. The van der Waals surface area contributed by atoms with Crippen LogP contribution in [0.3, 0.4) is 0 Å². The highest BCUT2D eigenvalue weighted by molar-refractivity contribution is 7.80. The van der Waals surface area contributed by atoms with Gasteiger partial charge in [0.15, 0.2) is 5.11 Å². The lowest BCUT2D eigenvalue weighted by Crippen LogP contribution is -2.43. The first-order chi connectivity index (χ1) is 12.7. The molecule has 2 aromatic heterocycles. The predicted octanol–water partition coefficient (Wildman–Crippen LogP) is 4.74. The minimum atomic E-state index is 0.725. The number of unbranched alkanes of at least 4 members (excludes halogenated alkanes) is 1. The van der Waals surface area contributed by atoms with Crippen molar-refractivity contribution in [2.75, 3.05) is 19.6 Å². The monoisotopic (exact) mass is 370 g/mol. The summed E-state index contributed by atoms with van der Waals surface area (Å²) >= 11 is 5.64. The highest BCUT2D eigenvalue weighted by Gasteiger charge is 2.18. The van der Waals surface area contributed by atoms with Gasteiger partial charge in [0.2, 0.25) is 0 Å². The van der Waals surface area contributed by atoms with Crippen LogP contribution in [0.1, 0.15) is 51.5 Å². The number of nitrogens with one attached hydrogen (secondary N) is 2. The number of thiocarbonyl (C=S) groups is 1. The number of nitrogens with zero attached hydrogens (tertiary/aromatic N) is 2. The van der Waals surface area contributed by atoms with E-state index in [0.29, 0.717) is 0 Å². The Balaban J connectivity index is 1.56. The lowest BCUT2D eigenvalue weighted by molar-refractivity contribution is 0.415. The molecule has 2 aromatic rings. The lowest BCUT2D eigenvalue weighted by Gasteiger charge is -2.30. The first kappa shape index (κ1) is 18.9. The Hall–Kier alpha value is -1.88. The number of rotatable bonds is 7. The molecule has 0 fully saturated rings. The van der Waals surface area contributed by atoms with Crippen LogP contribution in [0, 0.1) is 5.92 Å². The average Bonchev–Trinajstić information content (AvgIpc) is 3.12. The zero-order valence-corrected chi connectivity index (χ0v) is 16.7. The van der Waals surface area contributed by atoms with Gasteiger partial charge in [-0.05, 0) is 48.7 Å². The molecule has 26 heavy (non-hydrogen) atoms. The zero-order valence-electron chi connectivity index (χ0n) is 15.9. The van der Waals surface area contributed by atoms with E-state index in [0.717, 1.165) is 42.7 Å². The lowest BCUT2D eigenvalue weighted by atomic mass is 9.99. The molecule has 0 radical (unpaired) electrons. The molecule has 1 aliphatic rings. The summed E-state index contributed by atoms with van der Waals surface area (Å²) in [6, 6.07) is 4.13. The summed E-state index contributed by atoms with van der Waals surface area (Å²) in [7, 11) is 0. The van der Waals surface area contributed by atoms with Gasteiger partial charge in [-0.2, -0.15) is 0 Å². The minimum Gasteiger partial charge on any atom is -0.362 e. The quantitative estimate of drug-likeness (QED) is 0.691. The van der Waals surface area contributed by atoms with Crippen molar-refractivity contribution < 1.29 is 0 Å². The molecule has 3 rings (SSSR count). The van der Waals surface area contributed by atoms with Crippen molar-refractivity contribution >= 4 is 33.9 Å². The fraction of sp³-hybridized carbons (Fsp3) is 0.524. The maximum Gasteiger partial charge on any atom is 0.169 e. The van der Waals surface area contributed by atoms with Crippen LogP contribution in [0.25, 0.3) is 16.6 Å². The van der Waals surface area contributed by atoms with Gasteiger partial charge in [-0.1, -0.05) is 39.2 Å². The molecule has 0 saturated carbocycles. The van der Waals surface area contributed by atoms with E-state index in [4.69, 9.17) is 12.2 Å². The van der Waals surface area contributed by atoms with Gasteiger partial charge in [0, 0.05) is 43.0 Å². The Kier molecular flexibility index (Phi) is 6.67. The molecular formula is C21H30N4S. The summed E-state index contributed by atoms with van der Waals surface area (Å²) in [5, 5.41) is 5.61. The molecule has 0 amide bonds. The molecule has 2 N–H and O–H groups in total. The normalized spacial score (nSPS) is 15.8. The Morgan fingerprint density at radius 3 is 3.04 bits per heavy atom. The van der Waals surface area contributed by atoms with Crippen molar-refractivity contribution in [2.45, 2.75) is 46.0 Å². The summed E-state index contributed by atoms with van der Waals surface area (Å²) < 4.78 is 0. The second-order valence-corrected chi connectivity index (χ2v) is 7.52. The van der Waals surface area contributed by atoms with Crippen molar-refractivity contribution in [1.82, 2.24) is 20.2 Å². The van der Waals surface area contributed by atoms with E-state index in [1.807, 2.05) is 12.3 Å². The van der Waals surface area contributed by atoms with Gasteiger partial charge < -0.3 is 15.2 Å². The van der Waals surface area contributed by atoms with E-state index in [1.165, 1.54) is 42.2 Å². The maximum absolute atomic E-state index is 5.64. The molecule has 3 heterocycles. The van der Waals surface area contributed by atoms with Gasteiger partial charge >= 0.3 is 0 Å². The molecule has 1 aliphatic heterocycles. The maximum atomic E-state index is 5.64. The Morgan fingerprint density at radius 1 is 1.42 bits per heavy atom. The second-order valence-electron chi connectivity index (χ2n) is 7.13. The molecule has 0 spiro atoms. The largest absolute Gasteiger partial charge is 0.362 e. The second kappa shape index (κ2) is 9.17. The number of pyridine rings is 1. The van der Waals surface area contributed by atoms with Gasteiger partial charge in [-0.25, -0.2) is 4.98 Å². The molecule has 5 heteroatoms. The van der Waals surface area contributed by atoms with Crippen LogP contribution in [0.5, 0.6) is 0 Å². The predicted molar refractivity (Wildman–Crippen MR) is 114 cm³/mol. The number of hydrogen-bond acceptors (Lipinski definition) is 2. The molecule has 0 bridgehead atoms. The fourth-order valence-electron chi connectivity index (χ4n) is 3.61. The first-order valence-electron chi connectivity index (χ1n) is 9.87. The SMILES string of the molecule is CCCCC(CC)CNC(=S)N1CC=C(c2c[nH]c3ncccc23)CC1. The van der Waals surface area contributed by atoms with E-state index in [2.05, 4.69) is 52.4 Å². The number of hydrogen-bond donors (Lipinski definition) is 2. The third-order valence-corrected chi connectivity index (χ3v) is 5.78. The standard InChI is InChI=1S/C21H30N4S/c1-3-5-7-16(4-2)14-24-21(26)25-12-9-17(10-13-25)19-15-23-20-18(19)8-6-11-22-20/h6,8-9,11,15-16H,3-5,7,10,12-14H2,1-2H3,(H,22,23)(H,24,26). The van der Waals surface area contributed by atoms with Crippen LogP contribution < -0.4 is 5.32 Å².